The van der Waals surface area contributed by atoms with Gasteiger partial charge in [0.15, 0.2) is 0 Å². The SMILES string of the molecule is O=C(NCCc1ccc(N2CCOCC2)cc1)Oc1ccccc1. The number of ether oxygens (including phenoxy) is 2. The normalized spacial score (nSPS) is 14.2. The largest absolute Gasteiger partial charge is 0.412 e. The third kappa shape index (κ3) is 4.73. The molecule has 1 amide bonds. The first-order chi connectivity index (χ1) is 11.8. The Morgan fingerprint density at radius 2 is 1.75 bits per heavy atom. The summed E-state index contributed by atoms with van der Waals surface area (Å²) >= 11 is 0. The molecule has 1 heterocycles. The lowest BCUT2D eigenvalue weighted by molar-refractivity contribution is 0.122. The third-order valence-electron chi connectivity index (χ3n) is 3.95. The maximum atomic E-state index is 11.7. The fourth-order valence-electron chi connectivity index (χ4n) is 2.64. The van der Waals surface area contributed by atoms with Gasteiger partial charge < -0.3 is 19.7 Å². The third-order valence-corrected chi connectivity index (χ3v) is 3.95. The Hall–Kier alpha value is -2.53. The molecule has 0 bridgehead atoms. The van der Waals surface area contributed by atoms with Gasteiger partial charge in [0.2, 0.25) is 0 Å². The van der Waals surface area contributed by atoms with E-state index in [2.05, 4.69) is 34.5 Å². The van der Waals surface area contributed by atoms with Gasteiger partial charge in [-0.3, -0.25) is 0 Å². The van der Waals surface area contributed by atoms with E-state index in [0.29, 0.717) is 12.3 Å². The van der Waals surface area contributed by atoms with Crippen LogP contribution in [0, 0.1) is 0 Å². The average Bonchev–Trinajstić information content (AvgIpc) is 2.64. The van der Waals surface area contributed by atoms with Crippen molar-refractivity contribution in [2.45, 2.75) is 6.42 Å². The lowest BCUT2D eigenvalue weighted by Gasteiger charge is -2.28. The predicted octanol–water partition coefficient (Wildman–Crippen LogP) is 2.85. The highest BCUT2D eigenvalue weighted by atomic mass is 16.6. The molecule has 1 aliphatic rings. The molecule has 24 heavy (non-hydrogen) atoms. The van der Waals surface area contributed by atoms with E-state index < -0.39 is 6.09 Å². The molecule has 0 aliphatic carbocycles. The van der Waals surface area contributed by atoms with Crippen LogP contribution in [0.2, 0.25) is 0 Å². The quantitative estimate of drug-likeness (QED) is 0.918. The Bertz CT molecular complexity index is 637. The van der Waals surface area contributed by atoms with Crippen LogP contribution < -0.4 is 15.0 Å². The second kappa shape index (κ2) is 8.36. The van der Waals surface area contributed by atoms with Gasteiger partial charge in [0.1, 0.15) is 5.75 Å². The van der Waals surface area contributed by atoms with Crippen molar-refractivity contribution in [3.8, 4) is 5.75 Å². The first kappa shape index (κ1) is 16.3. The van der Waals surface area contributed by atoms with Crippen LogP contribution in [0.15, 0.2) is 54.6 Å². The van der Waals surface area contributed by atoms with E-state index in [4.69, 9.17) is 9.47 Å². The summed E-state index contributed by atoms with van der Waals surface area (Å²) in [5, 5.41) is 2.77. The van der Waals surface area contributed by atoms with Gasteiger partial charge >= 0.3 is 6.09 Å². The maximum Gasteiger partial charge on any atom is 0.412 e. The van der Waals surface area contributed by atoms with Crippen LogP contribution in [-0.4, -0.2) is 38.9 Å². The van der Waals surface area contributed by atoms with Gasteiger partial charge in [-0.15, -0.1) is 0 Å². The van der Waals surface area contributed by atoms with E-state index in [1.807, 2.05) is 18.2 Å². The van der Waals surface area contributed by atoms with Crippen LogP contribution in [0.1, 0.15) is 5.56 Å². The van der Waals surface area contributed by atoms with Gasteiger partial charge in [0.05, 0.1) is 13.2 Å². The molecular weight excluding hydrogens is 304 g/mol. The summed E-state index contributed by atoms with van der Waals surface area (Å²) in [6, 6.07) is 17.5. The standard InChI is InChI=1S/C19H22N2O3/c22-19(24-18-4-2-1-3-5-18)20-11-10-16-6-8-17(9-7-16)21-12-14-23-15-13-21/h1-9H,10-15H2,(H,20,22). The molecule has 2 aromatic rings. The summed E-state index contributed by atoms with van der Waals surface area (Å²) in [5.41, 5.74) is 2.41. The number of carbonyl (C=O) groups is 1. The number of nitrogens with one attached hydrogen (secondary N) is 1. The molecule has 1 fully saturated rings. The number of anilines is 1. The summed E-state index contributed by atoms with van der Waals surface area (Å²) in [6.45, 7) is 3.99. The number of rotatable bonds is 5. The van der Waals surface area contributed by atoms with Crippen molar-refractivity contribution in [2.75, 3.05) is 37.7 Å². The number of hydrogen-bond acceptors (Lipinski definition) is 4. The number of nitrogens with zero attached hydrogens (tertiary/aromatic N) is 1. The van der Waals surface area contributed by atoms with Crippen molar-refractivity contribution in [3.63, 3.8) is 0 Å². The number of carbonyl (C=O) groups excluding carboxylic acids is 1. The number of amides is 1. The maximum absolute atomic E-state index is 11.7. The molecule has 5 heteroatoms. The molecule has 3 rings (SSSR count). The van der Waals surface area contributed by atoms with Gasteiger partial charge in [-0.05, 0) is 36.2 Å². The minimum atomic E-state index is -0.425. The van der Waals surface area contributed by atoms with Crippen LogP contribution in [-0.2, 0) is 11.2 Å². The molecule has 5 nitrogen and oxygen atoms in total. The van der Waals surface area contributed by atoms with Gasteiger partial charge in [0, 0.05) is 25.3 Å². The minimum absolute atomic E-state index is 0.425. The fraction of sp³-hybridized carbons (Fsp3) is 0.316. The van der Waals surface area contributed by atoms with E-state index in [0.717, 1.165) is 32.7 Å². The van der Waals surface area contributed by atoms with E-state index in [9.17, 15) is 4.79 Å². The number of para-hydroxylation sites is 1. The van der Waals surface area contributed by atoms with E-state index in [1.165, 1.54) is 11.3 Å². The average molecular weight is 326 g/mol. The second-order valence-electron chi connectivity index (χ2n) is 5.65. The fourth-order valence-corrected chi connectivity index (χ4v) is 2.64. The molecule has 1 aliphatic heterocycles. The van der Waals surface area contributed by atoms with Crippen molar-refractivity contribution in [1.29, 1.82) is 0 Å². The van der Waals surface area contributed by atoms with Crippen LogP contribution >= 0.6 is 0 Å². The summed E-state index contributed by atoms with van der Waals surface area (Å²) in [7, 11) is 0. The summed E-state index contributed by atoms with van der Waals surface area (Å²) in [5.74, 6) is 0.546. The van der Waals surface area contributed by atoms with Crippen molar-refractivity contribution in [3.05, 3.63) is 60.2 Å². The molecule has 126 valence electrons. The minimum Gasteiger partial charge on any atom is -0.410 e. The van der Waals surface area contributed by atoms with Gasteiger partial charge in [-0.25, -0.2) is 4.79 Å². The first-order valence-electron chi connectivity index (χ1n) is 8.23. The monoisotopic (exact) mass is 326 g/mol. The molecule has 0 spiro atoms. The Morgan fingerprint density at radius 3 is 2.46 bits per heavy atom. The Balaban J connectivity index is 1.42. The molecule has 0 aromatic heterocycles. The molecule has 2 aromatic carbocycles. The number of hydrogen-bond donors (Lipinski definition) is 1. The smallest absolute Gasteiger partial charge is 0.410 e. The van der Waals surface area contributed by atoms with E-state index in [1.54, 1.807) is 12.1 Å². The zero-order chi connectivity index (χ0) is 16.6. The van der Waals surface area contributed by atoms with Crippen molar-refractivity contribution < 1.29 is 14.3 Å². The highest BCUT2D eigenvalue weighted by Crippen LogP contribution is 2.16. The van der Waals surface area contributed by atoms with E-state index in [-0.39, 0.29) is 0 Å². The molecule has 1 N–H and O–H groups in total. The molecule has 0 atom stereocenters. The lowest BCUT2D eigenvalue weighted by atomic mass is 10.1. The second-order valence-corrected chi connectivity index (χ2v) is 5.65. The molecule has 0 saturated carbocycles. The summed E-state index contributed by atoms with van der Waals surface area (Å²) < 4.78 is 10.6. The van der Waals surface area contributed by atoms with Crippen LogP contribution in [0.25, 0.3) is 0 Å². The molecular formula is C19H22N2O3. The zero-order valence-corrected chi connectivity index (χ0v) is 13.6. The molecule has 1 saturated heterocycles. The van der Waals surface area contributed by atoms with Crippen molar-refractivity contribution in [2.24, 2.45) is 0 Å². The van der Waals surface area contributed by atoms with Gasteiger partial charge in [0.25, 0.3) is 0 Å². The van der Waals surface area contributed by atoms with Crippen LogP contribution in [0.4, 0.5) is 10.5 Å². The van der Waals surface area contributed by atoms with E-state index >= 15 is 0 Å². The lowest BCUT2D eigenvalue weighted by Crippen LogP contribution is -2.36. The number of morpholine rings is 1. The number of benzene rings is 2. The van der Waals surface area contributed by atoms with Crippen molar-refractivity contribution in [1.82, 2.24) is 5.32 Å². The Labute approximate surface area is 142 Å². The van der Waals surface area contributed by atoms with Gasteiger partial charge in [-0.2, -0.15) is 0 Å². The Kier molecular flexibility index (Phi) is 5.69. The van der Waals surface area contributed by atoms with Gasteiger partial charge in [-0.1, -0.05) is 30.3 Å². The Morgan fingerprint density at radius 1 is 1.04 bits per heavy atom. The van der Waals surface area contributed by atoms with Crippen LogP contribution in [0.5, 0.6) is 5.75 Å². The highest BCUT2D eigenvalue weighted by molar-refractivity contribution is 5.70. The molecule has 0 unspecified atom stereocenters. The topological polar surface area (TPSA) is 50.8 Å². The zero-order valence-electron chi connectivity index (χ0n) is 13.6. The highest BCUT2D eigenvalue weighted by Gasteiger charge is 2.10. The predicted molar refractivity (Wildman–Crippen MR) is 93.6 cm³/mol. The summed E-state index contributed by atoms with van der Waals surface area (Å²) in [4.78, 5) is 14.0. The summed E-state index contributed by atoms with van der Waals surface area (Å²) in [6.07, 6.45) is 0.346. The van der Waals surface area contributed by atoms with Crippen LogP contribution in [0.3, 0.4) is 0 Å². The first-order valence-corrected chi connectivity index (χ1v) is 8.23. The molecule has 0 radical (unpaired) electrons. The van der Waals surface area contributed by atoms with Crippen molar-refractivity contribution >= 4 is 11.8 Å².